The van der Waals surface area contributed by atoms with Gasteiger partial charge in [-0.3, -0.25) is 9.10 Å². The van der Waals surface area contributed by atoms with Crippen LogP contribution in [0.25, 0.3) is 0 Å². The summed E-state index contributed by atoms with van der Waals surface area (Å²) in [6.45, 7) is 3.23. The number of amides is 1. The first-order valence-electron chi connectivity index (χ1n) is 8.29. The SMILES string of the molecule is COC(=O)c1ccc(C)c(NC(=O)C(C)N(c2cccc(Cl)c2)S(C)(=O)=O)c1. The molecule has 0 saturated carbocycles. The number of aryl methyl sites for hydroxylation is 1. The number of sulfonamides is 1. The Bertz CT molecular complexity index is 1010. The van der Waals surface area contributed by atoms with Gasteiger partial charge in [0.25, 0.3) is 0 Å². The molecule has 0 aliphatic rings. The number of nitrogens with one attached hydrogen (secondary N) is 1. The molecule has 0 heterocycles. The summed E-state index contributed by atoms with van der Waals surface area (Å²) in [7, 11) is -2.51. The molecule has 0 aromatic heterocycles. The van der Waals surface area contributed by atoms with Gasteiger partial charge in [0, 0.05) is 10.7 Å². The number of esters is 1. The zero-order valence-corrected chi connectivity index (χ0v) is 17.5. The number of anilines is 2. The van der Waals surface area contributed by atoms with Crippen molar-refractivity contribution in [2.24, 2.45) is 0 Å². The molecule has 2 rings (SSSR count). The number of ether oxygens (including phenoxy) is 1. The summed E-state index contributed by atoms with van der Waals surface area (Å²) in [6.07, 6.45) is 1.01. The van der Waals surface area contributed by atoms with Gasteiger partial charge >= 0.3 is 5.97 Å². The van der Waals surface area contributed by atoms with Crippen molar-refractivity contribution in [3.05, 3.63) is 58.6 Å². The summed E-state index contributed by atoms with van der Waals surface area (Å²) >= 11 is 5.97. The van der Waals surface area contributed by atoms with E-state index < -0.39 is 27.9 Å². The highest BCUT2D eigenvalue weighted by molar-refractivity contribution is 7.92. The van der Waals surface area contributed by atoms with Crippen molar-refractivity contribution in [1.82, 2.24) is 0 Å². The van der Waals surface area contributed by atoms with Crippen LogP contribution in [0.2, 0.25) is 5.02 Å². The highest BCUT2D eigenvalue weighted by atomic mass is 35.5. The van der Waals surface area contributed by atoms with Crippen LogP contribution in [0.3, 0.4) is 0 Å². The third-order valence-electron chi connectivity index (χ3n) is 4.07. The maximum Gasteiger partial charge on any atom is 0.337 e. The van der Waals surface area contributed by atoms with Crippen LogP contribution in [-0.2, 0) is 19.6 Å². The van der Waals surface area contributed by atoms with Crippen molar-refractivity contribution in [3.63, 3.8) is 0 Å². The van der Waals surface area contributed by atoms with Gasteiger partial charge in [-0.25, -0.2) is 13.2 Å². The Morgan fingerprint density at radius 2 is 1.86 bits per heavy atom. The first kappa shape index (κ1) is 21.7. The highest BCUT2D eigenvalue weighted by Crippen LogP contribution is 2.25. The van der Waals surface area contributed by atoms with Crippen LogP contribution in [0.1, 0.15) is 22.8 Å². The fraction of sp³-hybridized carbons (Fsp3) is 0.263. The Balaban J connectivity index is 2.35. The van der Waals surface area contributed by atoms with Gasteiger partial charge in [0.2, 0.25) is 15.9 Å². The topological polar surface area (TPSA) is 92.8 Å². The quantitative estimate of drug-likeness (QED) is 0.718. The number of methoxy groups -OCH3 is 1. The molecule has 0 saturated heterocycles. The molecule has 1 N–H and O–H groups in total. The molecular weight excluding hydrogens is 404 g/mol. The standard InChI is InChI=1S/C19H21ClN2O5S/c1-12-8-9-14(19(24)27-3)10-17(12)21-18(23)13(2)22(28(4,25)26)16-7-5-6-15(20)11-16/h5-11,13H,1-4H3,(H,21,23). The van der Waals surface area contributed by atoms with Gasteiger partial charge < -0.3 is 10.1 Å². The molecule has 0 fully saturated rings. The summed E-state index contributed by atoms with van der Waals surface area (Å²) in [5.74, 6) is -1.10. The second kappa shape index (κ2) is 8.62. The molecule has 150 valence electrons. The van der Waals surface area contributed by atoms with E-state index in [2.05, 4.69) is 10.1 Å². The number of rotatable bonds is 6. The van der Waals surface area contributed by atoms with Gasteiger partial charge in [0.1, 0.15) is 6.04 Å². The number of carbonyl (C=O) groups is 2. The molecule has 1 atom stereocenters. The Morgan fingerprint density at radius 3 is 2.43 bits per heavy atom. The van der Waals surface area contributed by atoms with Crippen molar-refractivity contribution in [2.75, 3.05) is 23.0 Å². The number of nitrogens with zero attached hydrogens (tertiary/aromatic N) is 1. The molecule has 0 spiro atoms. The summed E-state index contributed by atoms with van der Waals surface area (Å²) in [4.78, 5) is 24.5. The molecule has 0 radical (unpaired) electrons. The minimum absolute atomic E-state index is 0.269. The first-order chi connectivity index (χ1) is 13.0. The Morgan fingerprint density at radius 1 is 1.18 bits per heavy atom. The zero-order valence-electron chi connectivity index (χ0n) is 15.9. The second-order valence-electron chi connectivity index (χ2n) is 6.23. The highest BCUT2D eigenvalue weighted by Gasteiger charge is 2.29. The summed E-state index contributed by atoms with van der Waals surface area (Å²) in [5.41, 5.74) is 1.64. The van der Waals surface area contributed by atoms with Crippen molar-refractivity contribution >= 4 is 44.9 Å². The van der Waals surface area contributed by atoms with Crippen molar-refractivity contribution < 1.29 is 22.7 Å². The lowest BCUT2D eigenvalue weighted by Gasteiger charge is -2.28. The van der Waals surface area contributed by atoms with Crippen LogP contribution in [-0.4, -0.2) is 39.7 Å². The number of halogens is 1. The Labute approximate surface area is 169 Å². The van der Waals surface area contributed by atoms with Crippen molar-refractivity contribution in [2.45, 2.75) is 19.9 Å². The monoisotopic (exact) mass is 424 g/mol. The Hall–Kier alpha value is -2.58. The summed E-state index contributed by atoms with van der Waals surface area (Å²) < 4.78 is 30.3. The third-order valence-corrected chi connectivity index (χ3v) is 5.54. The van der Waals surface area contributed by atoms with E-state index in [-0.39, 0.29) is 11.3 Å². The molecule has 0 bridgehead atoms. The van der Waals surface area contributed by atoms with E-state index in [9.17, 15) is 18.0 Å². The molecule has 2 aromatic rings. The van der Waals surface area contributed by atoms with Gasteiger partial charge in [-0.15, -0.1) is 0 Å². The number of hydrogen-bond donors (Lipinski definition) is 1. The van der Waals surface area contributed by atoms with Gasteiger partial charge in [-0.1, -0.05) is 23.7 Å². The van der Waals surface area contributed by atoms with Gasteiger partial charge in [0.15, 0.2) is 0 Å². The van der Waals surface area contributed by atoms with E-state index in [4.69, 9.17) is 11.6 Å². The van der Waals surface area contributed by atoms with E-state index in [0.717, 1.165) is 10.6 Å². The van der Waals surface area contributed by atoms with Crippen molar-refractivity contribution in [3.8, 4) is 0 Å². The molecule has 1 amide bonds. The molecule has 0 aliphatic heterocycles. The van der Waals surface area contributed by atoms with Crippen molar-refractivity contribution in [1.29, 1.82) is 0 Å². The van der Waals surface area contributed by atoms with Gasteiger partial charge in [-0.05, 0) is 49.7 Å². The number of carbonyl (C=O) groups excluding carboxylic acids is 2. The fourth-order valence-electron chi connectivity index (χ4n) is 2.66. The molecule has 0 aliphatic carbocycles. The van der Waals surface area contributed by atoms with E-state index in [0.29, 0.717) is 16.3 Å². The van der Waals surface area contributed by atoms with Gasteiger partial charge in [0.05, 0.1) is 24.6 Å². The molecule has 1 unspecified atom stereocenters. The van der Waals surface area contributed by atoms with Crippen LogP contribution in [0.5, 0.6) is 0 Å². The molecule has 7 nitrogen and oxygen atoms in total. The lowest BCUT2D eigenvalue weighted by Crippen LogP contribution is -2.45. The average molecular weight is 425 g/mol. The van der Waals surface area contributed by atoms with Crippen LogP contribution in [0, 0.1) is 6.92 Å². The molecular formula is C19H21ClN2O5S. The molecule has 28 heavy (non-hydrogen) atoms. The van der Waals surface area contributed by atoms with Crippen LogP contribution >= 0.6 is 11.6 Å². The number of benzene rings is 2. The minimum Gasteiger partial charge on any atom is -0.465 e. The predicted molar refractivity (Wildman–Crippen MR) is 109 cm³/mol. The van der Waals surface area contributed by atoms with E-state index in [1.807, 2.05) is 0 Å². The second-order valence-corrected chi connectivity index (χ2v) is 8.52. The maximum atomic E-state index is 12.8. The molecule has 2 aromatic carbocycles. The largest absolute Gasteiger partial charge is 0.465 e. The normalized spacial score (nSPS) is 12.2. The van der Waals surface area contributed by atoms with Crippen LogP contribution < -0.4 is 9.62 Å². The summed E-state index contributed by atoms with van der Waals surface area (Å²) in [6, 6.07) is 9.90. The maximum absolute atomic E-state index is 12.8. The molecule has 9 heteroatoms. The van der Waals surface area contributed by atoms with E-state index >= 15 is 0 Å². The van der Waals surface area contributed by atoms with Crippen LogP contribution in [0.4, 0.5) is 11.4 Å². The van der Waals surface area contributed by atoms with Gasteiger partial charge in [-0.2, -0.15) is 0 Å². The summed E-state index contributed by atoms with van der Waals surface area (Å²) in [5, 5.41) is 3.03. The smallest absolute Gasteiger partial charge is 0.337 e. The first-order valence-corrected chi connectivity index (χ1v) is 10.5. The Kier molecular flexibility index (Phi) is 6.69. The minimum atomic E-state index is -3.77. The van der Waals surface area contributed by atoms with E-state index in [1.54, 1.807) is 37.3 Å². The lowest BCUT2D eigenvalue weighted by atomic mass is 10.1. The predicted octanol–water partition coefficient (Wildman–Crippen LogP) is 3.23. The van der Waals surface area contributed by atoms with E-state index in [1.165, 1.54) is 26.2 Å². The average Bonchev–Trinajstić information content (AvgIpc) is 2.61. The fourth-order valence-corrected chi connectivity index (χ4v) is 4.01. The van der Waals surface area contributed by atoms with Crippen LogP contribution in [0.15, 0.2) is 42.5 Å². The zero-order chi connectivity index (χ0) is 21.1. The third kappa shape index (κ3) is 5.02. The number of hydrogen-bond acceptors (Lipinski definition) is 5. The lowest BCUT2D eigenvalue weighted by molar-refractivity contribution is -0.116.